The van der Waals surface area contributed by atoms with Gasteiger partial charge in [-0.15, -0.1) is 0 Å². The average molecular weight is 483 g/mol. The zero-order valence-corrected chi connectivity index (χ0v) is 20.5. The molecule has 0 aliphatic heterocycles. The Hall–Kier alpha value is -2.90. The van der Waals surface area contributed by atoms with Gasteiger partial charge in [0.15, 0.2) is 0 Å². The molecule has 1 fully saturated rings. The number of hydrogen-bond donors (Lipinski definition) is 1. The number of hydrogen-bond acceptors (Lipinski definition) is 4. The number of carbonyl (C=O) groups excluding carboxylic acids is 2. The zero-order chi connectivity index (χ0) is 24.1. The number of aromatic nitrogens is 2. The van der Waals surface area contributed by atoms with Gasteiger partial charge in [0.25, 0.3) is 5.91 Å². The lowest BCUT2D eigenvalue weighted by Gasteiger charge is -2.19. The second kappa shape index (κ2) is 11.0. The Kier molecular flexibility index (Phi) is 7.85. The van der Waals surface area contributed by atoms with E-state index in [0.717, 1.165) is 36.0 Å². The molecule has 0 unspecified atom stereocenters. The third kappa shape index (κ3) is 5.59. The van der Waals surface area contributed by atoms with E-state index in [-0.39, 0.29) is 11.8 Å². The molecular formula is C26H31ClN4O3. The first kappa shape index (κ1) is 24.2. The van der Waals surface area contributed by atoms with Crippen molar-refractivity contribution < 1.29 is 14.3 Å². The maximum atomic E-state index is 12.8. The Bertz CT molecular complexity index is 1150. The third-order valence-corrected chi connectivity index (χ3v) is 6.75. The van der Waals surface area contributed by atoms with Crippen LogP contribution < -0.4 is 10.2 Å². The molecule has 1 heterocycles. The van der Waals surface area contributed by atoms with Crippen LogP contribution in [-0.4, -0.2) is 42.1 Å². The molecule has 180 valence electrons. The molecule has 8 heteroatoms. The van der Waals surface area contributed by atoms with Gasteiger partial charge in [-0.3, -0.25) is 14.9 Å². The number of nitrogens with one attached hydrogen (secondary N) is 1. The van der Waals surface area contributed by atoms with Gasteiger partial charge in [-0.05, 0) is 67.6 Å². The summed E-state index contributed by atoms with van der Waals surface area (Å²) < 4.78 is 7.19. The quantitative estimate of drug-likeness (QED) is 0.407. The van der Waals surface area contributed by atoms with Gasteiger partial charge >= 0.3 is 0 Å². The second-order valence-corrected chi connectivity index (χ2v) is 9.31. The molecule has 0 radical (unpaired) electrons. The van der Waals surface area contributed by atoms with Crippen LogP contribution in [-0.2, 0) is 16.1 Å². The Morgan fingerprint density at radius 3 is 2.62 bits per heavy atom. The van der Waals surface area contributed by atoms with Crippen molar-refractivity contribution in [2.24, 2.45) is 5.92 Å². The molecule has 1 N–H and O–H groups in total. The van der Waals surface area contributed by atoms with E-state index >= 15 is 0 Å². The molecule has 7 nitrogen and oxygen atoms in total. The van der Waals surface area contributed by atoms with Crippen LogP contribution in [0.25, 0.3) is 11.0 Å². The number of halogens is 1. The Labute approximate surface area is 205 Å². The van der Waals surface area contributed by atoms with E-state index in [1.165, 1.54) is 12.8 Å². The van der Waals surface area contributed by atoms with Crippen LogP contribution in [0.1, 0.15) is 48.9 Å². The van der Waals surface area contributed by atoms with Crippen molar-refractivity contribution in [3.63, 3.8) is 0 Å². The summed E-state index contributed by atoms with van der Waals surface area (Å²) in [7, 11) is 3.48. The Morgan fingerprint density at radius 1 is 1.18 bits per heavy atom. The van der Waals surface area contributed by atoms with E-state index in [1.54, 1.807) is 36.3 Å². The summed E-state index contributed by atoms with van der Waals surface area (Å²) in [4.78, 5) is 32.1. The molecule has 0 bridgehead atoms. The van der Waals surface area contributed by atoms with Gasteiger partial charge in [-0.25, -0.2) is 4.98 Å². The van der Waals surface area contributed by atoms with Crippen LogP contribution in [0, 0.1) is 5.92 Å². The van der Waals surface area contributed by atoms with Crippen LogP contribution in [0.5, 0.6) is 0 Å². The SMILES string of the molecule is COCCCn1c(NC(=O)c2ccc(Cl)cc2)nc2cc(N(C)C(=O)CC3CCCC3)ccc21. The predicted molar refractivity (Wildman–Crippen MR) is 136 cm³/mol. The standard InChI is InChI=1S/C26H31ClN4O3/c1-30(24(32)16-18-6-3-4-7-18)21-12-13-23-22(17-21)28-26(31(23)14-5-15-34-2)29-25(33)19-8-10-20(27)11-9-19/h8-13,17-18H,3-7,14-16H2,1-2H3,(H,28,29,33). The van der Waals surface area contributed by atoms with E-state index < -0.39 is 0 Å². The smallest absolute Gasteiger partial charge is 0.257 e. The molecule has 34 heavy (non-hydrogen) atoms. The van der Waals surface area contributed by atoms with Crippen molar-refractivity contribution >= 4 is 46.1 Å². The first-order valence-electron chi connectivity index (χ1n) is 11.8. The minimum Gasteiger partial charge on any atom is -0.385 e. The maximum Gasteiger partial charge on any atom is 0.257 e. The van der Waals surface area contributed by atoms with Crippen molar-refractivity contribution in [3.05, 3.63) is 53.1 Å². The molecule has 0 saturated heterocycles. The van der Waals surface area contributed by atoms with Crippen LogP contribution >= 0.6 is 11.6 Å². The van der Waals surface area contributed by atoms with Crippen LogP contribution in [0.15, 0.2) is 42.5 Å². The number of amides is 2. The number of aryl methyl sites for hydroxylation is 1. The monoisotopic (exact) mass is 482 g/mol. The largest absolute Gasteiger partial charge is 0.385 e. The number of anilines is 2. The van der Waals surface area contributed by atoms with Gasteiger partial charge < -0.3 is 14.2 Å². The fourth-order valence-electron chi connectivity index (χ4n) is 4.53. The van der Waals surface area contributed by atoms with Crippen molar-refractivity contribution in [2.45, 2.75) is 45.1 Å². The molecule has 0 spiro atoms. The van der Waals surface area contributed by atoms with E-state index in [0.29, 0.717) is 42.0 Å². The number of imidazole rings is 1. The van der Waals surface area contributed by atoms with Gasteiger partial charge in [0.2, 0.25) is 11.9 Å². The van der Waals surface area contributed by atoms with Crippen LogP contribution in [0.3, 0.4) is 0 Å². The summed E-state index contributed by atoms with van der Waals surface area (Å²) in [5.41, 5.74) is 2.91. The van der Waals surface area contributed by atoms with Gasteiger partial charge in [0, 0.05) is 50.0 Å². The minimum absolute atomic E-state index is 0.127. The predicted octanol–water partition coefficient (Wildman–Crippen LogP) is 5.52. The molecule has 2 aromatic carbocycles. The van der Waals surface area contributed by atoms with Crippen LogP contribution in [0.4, 0.5) is 11.6 Å². The fourth-order valence-corrected chi connectivity index (χ4v) is 4.66. The summed E-state index contributed by atoms with van der Waals surface area (Å²) in [6.07, 6.45) is 6.08. The van der Waals surface area contributed by atoms with Gasteiger partial charge in [0.1, 0.15) is 0 Å². The summed E-state index contributed by atoms with van der Waals surface area (Å²) in [6.45, 7) is 1.23. The number of fused-ring (bicyclic) bond motifs is 1. The third-order valence-electron chi connectivity index (χ3n) is 6.49. The van der Waals surface area contributed by atoms with E-state index in [2.05, 4.69) is 5.32 Å². The first-order chi connectivity index (χ1) is 16.5. The summed E-state index contributed by atoms with van der Waals surface area (Å²) in [5.74, 6) is 0.822. The van der Waals surface area contributed by atoms with Crippen LogP contribution in [0.2, 0.25) is 5.02 Å². The van der Waals surface area contributed by atoms with Crippen molar-refractivity contribution in [3.8, 4) is 0 Å². The average Bonchev–Trinajstić information content (AvgIpc) is 3.46. The summed E-state index contributed by atoms with van der Waals surface area (Å²) in [6, 6.07) is 12.5. The normalized spacial score (nSPS) is 14.0. The zero-order valence-electron chi connectivity index (χ0n) is 19.7. The highest BCUT2D eigenvalue weighted by molar-refractivity contribution is 6.30. The highest BCUT2D eigenvalue weighted by atomic mass is 35.5. The van der Waals surface area contributed by atoms with Gasteiger partial charge in [-0.1, -0.05) is 24.4 Å². The molecule has 4 rings (SSSR count). The van der Waals surface area contributed by atoms with Crippen molar-refractivity contribution in [1.29, 1.82) is 0 Å². The number of carbonyl (C=O) groups is 2. The second-order valence-electron chi connectivity index (χ2n) is 8.87. The van der Waals surface area contributed by atoms with Gasteiger partial charge in [-0.2, -0.15) is 0 Å². The molecule has 0 atom stereocenters. The number of ether oxygens (including phenoxy) is 1. The lowest BCUT2D eigenvalue weighted by atomic mass is 10.0. The molecule has 1 aliphatic carbocycles. The number of nitrogens with zero attached hydrogens (tertiary/aromatic N) is 3. The Morgan fingerprint density at radius 2 is 1.91 bits per heavy atom. The van der Waals surface area contributed by atoms with Gasteiger partial charge in [0.05, 0.1) is 11.0 Å². The van der Waals surface area contributed by atoms with Crippen molar-refractivity contribution in [2.75, 3.05) is 31.0 Å². The highest BCUT2D eigenvalue weighted by Crippen LogP contribution is 2.30. The lowest BCUT2D eigenvalue weighted by Crippen LogP contribution is -2.27. The summed E-state index contributed by atoms with van der Waals surface area (Å²) >= 11 is 5.95. The van der Waals surface area contributed by atoms with E-state index in [4.69, 9.17) is 21.3 Å². The highest BCUT2D eigenvalue weighted by Gasteiger charge is 2.22. The van der Waals surface area contributed by atoms with E-state index in [9.17, 15) is 9.59 Å². The summed E-state index contributed by atoms with van der Waals surface area (Å²) in [5, 5.41) is 3.50. The fraction of sp³-hybridized carbons (Fsp3) is 0.423. The molecule has 2 amide bonds. The molecule has 3 aromatic rings. The topological polar surface area (TPSA) is 76.5 Å². The number of benzene rings is 2. The van der Waals surface area contributed by atoms with Crippen molar-refractivity contribution in [1.82, 2.24) is 9.55 Å². The molecular weight excluding hydrogens is 452 g/mol. The number of rotatable bonds is 9. The minimum atomic E-state index is -0.260. The molecule has 1 aromatic heterocycles. The number of methoxy groups -OCH3 is 1. The maximum absolute atomic E-state index is 12.8. The van der Waals surface area contributed by atoms with E-state index in [1.807, 2.05) is 29.8 Å². The first-order valence-corrected chi connectivity index (χ1v) is 12.2. The Balaban J connectivity index is 1.59. The molecule has 1 aliphatic rings. The lowest BCUT2D eigenvalue weighted by molar-refractivity contribution is -0.119. The molecule has 1 saturated carbocycles.